The van der Waals surface area contributed by atoms with Crippen LogP contribution >= 0.6 is 0 Å². The Kier molecular flexibility index (Phi) is 4.77. The summed E-state index contributed by atoms with van der Waals surface area (Å²) in [5.41, 5.74) is 1.65. The van der Waals surface area contributed by atoms with Crippen LogP contribution in [0.1, 0.15) is 16.8 Å². The van der Waals surface area contributed by atoms with E-state index in [1.54, 1.807) is 6.20 Å². The number of nitrogens with zero attached hydrogens (tertiary/aromatic N) is 3. The van der Waals surface area contributed by atoms with Crippen LogP contribution in [0.15, 0.2) is 60.8 Å². The number of hydrogen-bond donors (Lipinski definition) is 1. The molecule has 0 spiro atoms. The van der Waals surface area contributed by atoms with Crippen molar-refractivity contribution >= 4 is 28.2 Å². The van der Waals surface area contributed by atoms with Crippen molar-refractivity contribution in [3.63, 3.8) is 0 Å². The maximum absolute atomic E-state index is 12.7. The van der Waals surface area contributed by atoms with Crippen molar-refractivity contribution in [3.05, 3.63) is 66.4 Å². The fourth-order valence-electron chi connectivity index (χ4n) is 3.58. The third-order valence-electron chi connectivity index (χ3n) is 5.25. The number of likely N-dealkylation sites (N-methyl/N-ethyl adjacent to an activating group) is 1. The quantitative estimate of drug-likeness (QED) is 0.770. The highest BCUT2D eigenvalue weighted by molar-refractivity contribution is 5.95. The Morgan fingerprint density at radius 3 is 2.63 bits per heavy atom. The Balaban J connectivity index is 1.48. The molecular weight excluding hydrogens is 336 g/mol. The van der Waals surface area contributed by atoms with Crippen molar-refractivity contribution in [1.29, 1.82) is 0 Å². The van der Waals surface area contributed by atoms with Gasteiger partial charge in [-0.05, 0) is 56.2 Å². The fourth-order valence-corrected chi connectivity index (χ4v) is 3.58. The molecule has 1 unspecified atom stereocenters. The summed E-state index contributed by atoms with van der Waals surface area (Å²) in [6, 6.07) is 18.3. The van der Waals surface area contributed by atoms with Crippen molar-refractivity contribution in [3.8, 4) is 0 Å². The lowest BCUT2D eigenvalue weighted by atomic mass is 10.1. The van der Waals surface area contributed by atoms with Crippen LogP contribution in [0, 0.1) is 0 Å². The molecule has 0 aliphatic carbocycles. The monoisotopic (exact) mass is 360 g/mol. The summed E-state index contributed by atoms with van der Waals surface area (Å²) < 4.78 is 0. The number of carbonyl (C=O) groups is 1. The molecule has 1 aliphatic rings. The van der Waals surface area contributed by atoms with Crippen molar-refractivity contribution in [2.45, 2.75) is 12.5 Å². The number of anilines is 2. The van der Waals surface area contributed by atoms with E-state index in [1.165, 1.54) is 0 Å². The molecular formula is C22H24N4O. The minimum Gasteiger partial charge on any atom is -0.340 e. The van der Waals surface area contributed by atoms with E-state index >= 15 is 0 Å². The minimum absolute atomic E-state index is 0.106. The molecule has 0 radical (unpaired) electrons. The van der Waals surface area contributed by atoms with Gasteiger partial charge in [-0.2, -0.15) is 0 Å². The highest BCUT2D eigenvalue weighted by Crippen LogP contribution is 2.24. The Morgan fingerprint density at radius 2 is 1.89 bits per heavy atom. The normalized spacial score (nSPS) is 16.9. The number of benzene rings is 2. The van der Waals surface area contributed by atoms with Gasteiger partial charge >= 0.3 is 0 Å². The molecule has 0 bridgehead atoms. The van der Waals surface area contributed by atoms with Gasteiger partial charge in [-0.15, -0.1) is 0 Å². The highest BCUT2D eigenvalue weighted by atomic mass is 16.2. The van der Waals surface area contributed by atoms with Gasteiger partial charge in [0.05, 0.1) is 0 Å². The van der Waals surface area contributed by atoms with Crippen LogP contribution in [-0.4, -0.2) is 53.9 Å². The third kappa shape index (κ3) is 3.64. The molecule has 1 amide bonds. The zero-order chi connectivity index (χ0) is 18.8. The number of nitrogens with one attached hydrogen (secondary N) is 1. The zero-order valence-electron chi connectivity index (χ0n) is 15.7. The summed E-state index contributed by atoms with van der Waals surface area (Å²) in [5.74, 6) is 0.926. The first-order chi connectivity index (χ1) is 13.1. The summed E-state index contributed by atoms with van der Waals surface area (Å²) in [4.78, 5) is 21.3. The lowest BCUT2D eigenvalue weighted by Gasteiger charge is -2.20. The van der Waals surface area contributed by atoms with Crippen LogP contribution < -0.4 is 5.32 Å². The number of amides is 1. The highest BCUT2D eigenvalue weighted by Gasteiger charge is 2.27. The van der Waals surface area contributed by atoms with E-state index in [1.807, 2.05) is 47.4 Å². The first kappa shape index (κ1) is 17.5. The van der Waals surface area contributed by atoms with E-state index in [9.17, 15) is 4.79 Å². The Labute approximate surface area is 159 Å². The number of pyridine rings is 1. The van der Waals surface area contributed by atoms with Crippen molar-refractivity contribution in [2.24, 2.45) is 0 Å². The van der Waals surface area contributed by atoms with E-state index in [2.05, 4.69) is 41.4 Å². The summed E-state index contributed by atoms with van der Waals surface area (Å²) in [6.07, 6.45) is 2.84. The predicted octanol–water partition coefficient (Wildman–Crippen LogP) is 3.75. The van der Waals surface area contributed by atoms with Crippen LogP contribution in [0.4, 0.5) is 11.5 Å². The number of fused-ring (bicyclic) bond motifs is 1. The fraction of sp³-hybridized carbons (Fsp3) is 0.273. The van der Waals surface area contributed by atoms with Gasteiger partial charge in [0.15, 0.2) is 0 Å². The van der Waals surface area contributed by atoms with Gasteiger partial charge in [-0.25, -0.2) is 4.98 Å². The SMILES string of the molecule is CN(C)C1CCN(C(=O)c2ccc(Nc3nccc4ccccc34)cc2)C1. The maximum Gasteiger partial charge on any atom is 0.253 e. The van der Waals surface area contributed by atoms with Gasteiger partial charge in [-0.3, -0.25) is 4.79 Å². The van der Waals surface area contributed by atoms with Gasteiger partial charge in [0, 0.05) is 42.0 Å². The summed E-state index contributed by atoms with van der Waals surface area (Å²) in [5, 5.41) is 5.58. The van der Waals surface area contributed by atoms with Crippen molar-refractivity contribution in [1.82, 2.24) is 14.8 Å². The summed E-state index contributed by atoms with van der Waals surface area (Å²) >= 11 is 0. The van der Waals surface area contributed by atoms with E-state index in [4.69, 9.17) is 0 Å². The minimum atomic E-state index is 0.106. The first-order valence-corrected chi connectivity index (χ1v) is 9.28. The topological polar surface area (TPSA) is 48.5 Å². The van der Waals surface area contributed by atoms with Crippen molar-refractivity contribution < 1.29 is 4.79 Å². The molecule has 1 atom stereocenters. The van der Waals surface area contributed by atoms with E-state index < -0.39 is 0 Å². The Bertz CT molecular complexity index is 947. The molecule has 4 rings (SSSR count). The van der Waals surface area contributed by atoms with E-state index in [-0.39, 0.29) is 5.91 Å². The van der Waals surface area contributed by atoms with Gasteiger partial charge in [0.25, 0.3) is 5.91 Å². The average molecular weight is 360 g/mol. The number of carbonyl (C=O) groups excluding carboxylic acids is 1. The molecule has 3 aromatic rings. The van der Waals surface area contributed by atoms with Gasteiger partial charge in [-0.1, -0.05) is 24.3 Å². The third-order valence-corrected chi connectivity index (χ3v) is 5.25. The number of rotatable bonds is 4. The molecule has 1 saturated heterocycles. The second-order valence-corrected chi connectivity index (χ2v) is 7.24. The second kappa shape index (κ2) is 7.37. The molecule has 1 fully saturated rings. The number of hydrogen-bond acceptors (Lipinski definition) is 4. The van der Waals surface area contributed by atoms with E-state index in [0.717, 1.165) is 47.4 Å². The van der Waals surface area contributed by atoms with Crippen LogP contribution in [-0.2, 0) is 0 Å². The largest absolute Gasteiger partial charge is 0.340 e. The lowest BCUT2D eigenvalue weighted by molar-refractivity contribution is 0.0783. The van der Waals surface area contributed by atoms with Crippen LogP contribution in [0.3, 0.4) is 0 Å². The zero-order valence-corrected chi connectivity index (χ0v) is 15.7. The Morgan fingerprint density at radius 1 is 1.11 bits per heavy atom. The van der Waals surface area contributed by atoms with Crippen molar-refractivity contribution in [2.75, 3.05) is 32.5 Å². The molecule has 2 heterocycles. The molecule has 1 N–H and O–H groups in total. The average Bonchev–Trinajstić information content (AvgIpc) is 3.19. The van der Waals surface area contributed by atoms with Gasteiger partial charge in [0.2, 0.25) is 0 Å². The molecule has 0 saturated carbocycles. The summed E-state index contributed by atoms with van der Waals surface area (Å²) in [6.45, 7) is 1.62. The molecule has 5 nitrogen and oxygen atoms in total. The lowest BCUT2D eigenvalue weighted by Crippen LogP contribution is -2.34. The molecule has 5 heteroatoms. The first-order valence-electron chi connectivity index (χ1n) is 9.28. The smallest absolute Gasteiger partial charge is 0.253 e. The summed E-state index contributed by atoms with van der Waals surface area (Å²) in [7, 11) is 4.14. The number of likely N-dealkylation sites (tertiary alicyclic amines) is 1. The maximum atomic E-state index is 12.7. The standard InChI is InChI=1S/C22H24N4O/c1-25(2)19-12-14-26(15-19)22(27)17-7-9-18(10-8-17)24-21-20-6-4-3-5-16(20)11-13-23-21/h3-11,13,19H,12,14-15H2,1-2H3,(H,23,24). The van der Waals surface area contributed by atoms with E-state index in [0.29, 0.717) is 6.04 Å². The van der Waals surface area contributed by atoms with Crippen LogP contribution in [0.2, 0.25) is 0 Å². The molecule has 2 aromatic carbocycles. The second-order valence-electron chi connectivity index (χ2n) is 7.24. The van der Waals surface area contributed by atoms with Gasteiger partial charge < -0.3 is 15.1 Å². The van der Waals surface area contributed by atoms with Gasteiger partial charge in [0.1, 0.15) is 5.82 Å². The number of aromatic nitrogens is 1. The predicted molar refractivity (Wildman–Crippen MR) is 109 cm³/mol. The molecule has 138 valence electrons. The Hall–Kier alpha value is -2.92. The molecule has 27 heavy (non-hydrogen) atoms. The molecule has 1 aliphatic heterocycles. The van der Waals surface area contributed by atoms with Crippen LogP contribution in [0.25, 0.3) is 10.8 Å². The molecule has 1 aromatic heterocycles. The van der Waals surface area contributed by atoms with Crippen LogP contribution in [0.5, 0.6) is 0 Å².